The Morgan fingerprint density at radius 2 is 1.84 bits per heavy atom. The number of guanidine groups is 1. The van der Waals surface area contributed by atoms with Gasteiger partial charge in [0.25, 0.3) is 0 Å². The Balaban J connectivity index is 1.62. The molecule has 2 aliphatic rings. The van der Waals surface area contributed by atoms with E-state index in [4.69, 9.17) is 4.74 Å². The van der Waals surface area contributed by atoms with Gasteiger partial charge in [-0.05, 0) is 89.5 Å². The summed E-state index contributed by atoms with van der Waals surface area (Å²) in [5.41, 5.74) is 1.67. The van der Waals surface area contributed by atoms with Gasteiger partial charge in [0.15, 0.2) is 11.6 Å². The van der Waals surface area contributed by atoms with E-state index >= 15 is 8.78 Å². The number of nitrogens with one attached hydrogen (secondary N) is 1. The van der Waals surface area contributed by atoms with Gasteiger partial charge < -0.3 is 19.9 Å². The van der Waals surface area contributed by atoms with Crippen LogP contribution < -0.4 is 15.0 Å². The zero-order valence-electron chi connectivity index (χ0n) is 22.7. The number of aliphatic imine (C=N–C) groups is 2. The second-order valence-electron chi connectivity index (χ2n) is 10.3. The third-order valence-corrected chi connectivity index (χ3v) is 7.10. The predicted octanol–water partition coefficient (Wildman–Crippen LogP) is 6.14. The molecule has 38 heavy (non-hydrogen) atoms. The molecule has 6 nitrogen and oxygen atoms in total. The first kappa shape index (κ1) is 27.7. The van der Waals surface area contributed by atoms with Crippen LogP contribution in [0, 0.1) is 11.6 Å². The third-order valence-electron chi connectivity index (χ3n) is 7.10. The average Bonchev–Trinajstić information content (AvgIpc) is 2.87. The van der Waals surface area contributed by atoms with Crippen molar-refractivity contribution in [1.82, 2.24) is 4.90 Å². The van der Waals surface area contributed by atoms with Crippen LogP contribution in [-0.4, -0.2) is 62.4 Å². The highest BCUT2D eigenvalue weighted by Crippen LogP contribution is 2.38. The zero-order valence-corrected chi connectivity index (χ0v) is 22.7. The van der Waals surface area contributed by atoms with Gasteiger partial charge in [0.2, 0.25) is 5.96 Å². The summed E-state index contributed by atoms with van der Waals surface area (Å²) in [6.07, 6.45) is 1.62. The van der Waals surface area contributed by atoms with Crippen molar-refractivity contribution >= 4 is 23.0 Å². The van der Waals surface area contributed by atoms with E-state index in [0.717, 1.165) is 25.9 Å². The van der Waals surface area contributed by atoms with E-state index < -0.39 is 11.6 Å². The van der Waals surface area contributed by atoms with E-state index in [1.807, 2.05) is 25.7 Å². The number of benzene rings is 2. The fourth-order valence-electron chi connectivity index (χ4n) is 5.05. The molecule has 0 radical (unpaired) electrons. The van der Waals surface area contributed by atoms with Crippen LogP contribution in [0.25, 0.3) is 0 Å². The Morgan fingerprint density at radius 1 is 1.13 bits per heavy atom. The molecule has 1 fully saturated rings. The SMILES string of the molecule is C=C(F)C(=NC(=NC)Nc1ccc(C2CCN(C)CC2)c(F)c1)c1cc(F)c2c(c1)N(C(C)C)CC(C)O2. The summed E-state index contributed by atoms with van der Waals surface area (Å²) in [6, 6.07) is 7.85. The molecule has 2 aromatic rings. The van der Waals surface area contributed by atoms with Crippen LogP contribution >= 0.6 is 0 Å². The van der Waals surface area contributed by atoms with Crippen molar-refractivity contribution in [2.75, 3.05) is 43.9 Å². The average molecular weight is 528 g/mol. The number of hydrogen-bond acceptors (Lipinski definition) is 4. The van der Waals surface area contributed by atoms with Crippen molar-refractivity contribution in [3.8, 4) is 5.75 Å². The van der Waals surface area contributed by atoms with Gasteiger partial charge in [-0.15, -0.1) is 0 Å². The highest BCUT2D eigenvalue weighted by Gasteiger charge is 2.29. The maximum Gasteiger partial charge on any atom is 0.222 e. The molecule has 0 aromatic heterocycles. The zero-order chi connectivity index (χ0) is 27.6. The second kappa shape index (κ2) is 11.6. The number of rotatable bonds is 5. The number of anilines is 2. The molecule has 1 unspecified atom stereocenters. The highest BCUT2D eigenvalue weighted by molar-refractivity contribution is 6.17. The molecular weight excluding hydrogens is 491 g/mol. The first-order valence-corrected chi connectivity index (χ1v) is 13.0. The largest absolute Gasteiger partial charge is 0.484 e. The fourth-order valence-corrected chi connectivity index (χ4v) is 5.05. The van der Waals surface area contributed by atoms with Crippen LogP contribution in [0.2, 0.25) is 0 Å². The summed E-state index contributed by atoms with van der Waals surface area (Å²) in [6.45, 7) is 11.7. The normalized spacial score (nSPS) is 19.4. The van der Waals surface area contributed by atoms with Crippen molar-refractivity contribution in [1.29, 1.82) is 0 Å². The predicted molar refractivity (Wildman–Crippen MR) is 149 cm³/mol. The van der Waals surface area contributed by atoms with E-state index in [2.05, 4.69) is 33.8 Å². The van der Waals surface area contributed by atoms with Gasteiger partial charge in [0.1, 0.15) is 23.5 Å². The van der Waals surface area contributed by atoms with E-state index in [-0.39, 0.29) is 46.9 Å². The lowest BCUT2D eigenvalue weighted by Gasteiger charge is -2.38. The summed E-state index contributed by atoms with van der Waals surface area (Å²) in [5, 5.41) is 2.95. The number of hydrogen-bond donors (Lipinski definition) is 1. The Kier molecular flexibility index (Phi) is 8.45. The number of allylic oxidation sites excluding steroid dienone is 1. The molecule has 2 aromatic carbocycles. The minimum atomic E-state index is -0.850. The Morgan fingerprint density at radius 3 is 2.45 bits per heavy atom. The Labute approximate surface area is 222 Å². The van der Waals surface area contributed by atoms with Crippen LogP contribution in [0.15, 0.2) is 52.7 Å². The summed E-state index contributed by atoms with van der Waals surface area (Å²) in [5.74, 6) is -1.42. The van der Waals surface area contributed by atoms with E-state index in [9.17, 15) is 4.39 Å². The molecular formula is C29H36F3N5O. The van der Waals surface area contributed by atoms with Crippen LogP contribution in [0.3, 0.4) is 0 Å². The van der Waals surface area contributed by atoms with Crippen molar-refractivity contribution in [2.45, 2.75) is 51.7 Å². The number of nitrogens with zero attached hydrogens (tertiary/aromatic N) is 4. The summed E-state index contributed by atoms with van der Waals surface area (Å²) < 4.78 is 50.6. The number of ether oxygens (including phenoxy) is 1. The molecule has 1 atom stereocenters. The summed E-state index contributed by atoms with van der Waals surface area (Å²) in [4.78, 5) is 12.7. The molecule has 0 bridgehead atoms. The van der Waals surface area contributed by atoms with Crippen molar-refractivity contribution in [2.24, 2.45) is 9.98 Å². The first-order valence-electron chi connectivity index (χ1n) is 13.0. The van der Waals surface area contributed by atoms with Gasteiger partial charge in [-0.2, -0.15) is 0 Å². The van der Waals surface area contributed by atoms with Crippen molar-refractivity contribution < 1.29 is 17.9 Å². The molecule has 0 spiro atoms. The quantitative estimate of drug-likeness (QED) is 0.375. The van der Waals surface area contributed by atoms with Gasteiger partial charge in [0.05, 0.1) is 12.2 Å². The topological polar surface area (TPSA) is 52.5 Å². The standard InChI is InChI=1S/C29H36F3N5O/c1-17(2)37-16-18(3)38-28-25(32)13-21(14-26(28)37)27(19(4)30)35-29(33-5)34-22-7-8-23(24(31)15-22)20-9-11-36(6)12-10-20/h7-8,13-15,17-18,20H,4,9-12,16H2,1-3,5-6H3,(H,33,34). The highest BCUT2D eigenvalue weighted by atomic mass is 19.1. The molecule has 204 valence electrons. The van der Waals surface area contributed by atoms with E-state index in [1.165, 1.54) is 19.2 Å². The maximum absolute atomic E-state index is 15.1. The van der Waals surface area contributed by atoms with Crippen LogP contribution in [0.5, 0.6) is 5.75 Å². The lowest BCUT2D eigenvalue weighted by molar-refractivity contribution is 0.199. The van der Waals surface area contributed by atoms with Crippen LogP contribution in [0.1, 0.15) is 50.7 Å². The third kappa shape index (κ3) is 6.04. The Bertz CT molecular complexity index is 1250. The number of halogens is 3. The minimum absolute atomic E-state index is 0.0361. The minimum Gasteiger partial charge on any atom is -0.484 e. The van der Waals surface area contributed by atoms with Crippen molar-refractivity contribution in [3.63, 3.8) is 0 Å². The van der Waals surface area contributed by atoms with Crippen LogP contribution in [0.4, 0.5) is 24.5 Å². The van der Waals surface area contributed by atoms with Crippen LogP contribution in [-0.2, 0) is 0 Å². The summed E-state index contributed by atoms with van der Waals surface area (Å²) >= 11 is 0. The molecule has 2 aliphatic heterocycles. The van der Waals surface area contributed by atoms with Gasteiger partial charge >= 0.3 is 0 Å². The monoisotopic (exact) mass is 527 g/mol. The molecule has 0 saturated carbocycles. The lowest BCUT2D eigenvalue weighted by Crippen LogP contribution is -2.42. The van der Waals surface area contributed by atoms with Gasteiger partial charge in [-0.3, -0.25) is 4.99 Å². The summed E-state index contributed by atoms with van der Waals surface area (Å²) in [7, 11) is 3.55. The van der Waals surface area contributed by atoms with E-state index in [1.54, 1.807) is 18.2 Å². The number of likely N-dealkylation sites (tertiary alicyclic amines) is 1. The fraction of sp³-hybridized carbons (Fsp3) is 0.448. The molecule has 0 aliphatic carbocycles. The van der Waals surface area contributed by atoms with Gasteiger partial charge in [-0.25, -0.2) is 18.2 Å². The Hall–Kier alpha value is -3.33. The molecule has 1 saturated heterocycles. The number of piperidine rings is 1. The van der Waals surface area contributed by atoms with Gasteiger partial charge in [0, 0.05) is 24.3 Å². The molecule has 1 N–H and O–H groups in total. The number of fused-ring (bicyclic) bond motifs is 1. The first-order chi connectivity index (χ1) is 18.1. The molecule has 2 heterocycles. The molecule has 0 amide bonds. The second-order valence-corrected chi connectivity index (χ2v) is 10.3. The smallest absolute Gasteiger partial charge is 0.222 e. The van der Waals surface area contributed by atoms with Crippen molar-refractivity contribution in [3.05, 3.63) is 65.5 Å². The lowest BCUT2D eigenvalue weighted by atomic mass is 9.89. The van der Waals surface area contributed by atoms with Gasteiger partial charge in [-0.1, -0.05) is 12.6 Å². The molecule has 9 heteroatoms. The maximum atomic E-state index is 15.1. The molecule has 4 rings (SSSR count). The van der Waals surface area contributed by atoms with E-state index in [0.29, 0.717) is 23.5 Å².